The van der Waals surface area contributed by atoms with Crippen molar-refractivity contribution in [2.45, 2.75) is 40.3 Å². The van der Waals surface area contributed by atoms with Gasteiger partial charge in [0.1, 0.15) is 0 Å². The second-order valence-corrected chi connectivity index (χ2v) is 11.8. The molecule has 1 atom stereocenters. The van der Waals surface area contributed by atoms with E-state index in [4.69, 9.17) is 23.2 Å². The second-order valence-electron chi connectivity index (χ2n) is 6.50. The van der Waals surface area contributed by atoms with E-state index in [0.717, 1.165) is 39.9 Å². The molecule has 1 N–H and O–H groups in total. The summed E-state index contributed by atoms with van der Waals surface area (Å²) in [5.74, 6) is -0.623. The molecule has 0 spiro atoms. The van der Waals surface area contributed by atoms with Crippen LogP contribution in [0.3, 0.4) is 0 Å². The van der Waals surface area contributed by atoms with Crippen molar-refractivity contribution >= 4 is 67.6 Å². The Morgan fingerprint density at radius 2 is 1.62 bits per heavy atom. The molecule has 0 aliphatic heterocycles. The highest BCUT2D eigenvalue weighted by molar-refractivity contribution is 14.1. The Balaban J connectivity index is 2.40. The van der Waals surface area contributed by atoms with Gasteiger partial charge in [-0.25, -0.2) is 8.42 Å². The number of aryl methyl sites for hydroxylation is 3. The van der Waals surface area contributed by atoms with Gasteiger partial charge < -0.3 is 0 Å². The van der Waals surface area contributed by atoms with Crippen LogP contribution in [0.1, 0.15) is 16.7 Å². The molecular weight excluding hydrogens is 581 g/mol. The zero-order valence-corrected chi connectivity index (χ0v) is 20.8. The molecule has 2 rings (SSSR count). The fourth-order valence-electron chi connectivity index (χ4n) is 2.79. The number of nitrogens with one attached hydrogen (secondary N) is 1. The Labute approximate surface area is 195 Å². The summed E-state index contributed by atoms with van der Waals surface area (Å²) in [7, 11) is -4.45. The van der Waals surface area contributed by atoms with Crippen LogP contribution in [0.25, 0.3) is 0 Å². The fraction of sp³-hybridized carbons (Fsp3) is 0.333. The number of hydrogen-bond acceptors (Lipinski definition) is 3. The van der Waals surface area contributed by atoms with Crippen LogP contribution in [0.2, 0.25) is 10.0 Å². The van der Waals surface area contributed by atoms with E-state index in [-0.39, 0.29) is 9.92 Å². The first-order chi connectivity index (χ1) is 13.2. The summed E-state index contributed by atoms with van der Waals surface area (Å²) < 4.78 is 66.6. The second kappa shape index (κ2) is 9.12. The molecule has 1 unspecified atom stereocenters. The maximum atomic E-state index is 13.9. The van der Waals surface area contributed by atoms with Crippen molar-refractivity contribution in [2.75, 3.05) is 5.75 Å². The highest BCUT2D eigenvalue weighted by atomic mass is 127. The van der Waals surface area contributed by atoms with Crippen molar-refractivity contribution in [3.05, 3.63) is 57.1 Å². The Morgan fingerprint density at radius 1 is 1.07 bits per heavy atom. The number of alkyl halides is 4. The number of thioether (sulfide) groups is 1. The number of hydrogen-bond donors (Lipinski definition) is 1. The summed E-state index contributed by atoms with van der Waals surface area (Å²) in [6.07, 6.45) is -4.85. The largest absolute Gasteiger partial charge is 0.417 e. The predicted molar refractivity (Wildman–Crippen MR) is 121 cm³/mol. The molecule has 0 amide bonds. The van der Waals surface area contributed by atoms with Crippen LogP contribution in [0.15, 0.2) is 40.1 Å². The minimum atomic E-state index is -4.85. The van der Waals surface area contributed by atoms with Gasteiger partial charge in [0, 0.05) is 15.7 Å². The molecule has 0 saturated heterocycles. The van der Waals surface area contributed by atoms with Crippen LogP contribution in [0.5, 0.6) is 0 Å². The molecule has 0 heterocycles. The first kappa shape index (κ1) is 25.1. The van der Waals surface area contributed by atoms with Gasteiger partial charge in [-0.2, -0.15) is 17.9 Å². The quantitative estimate of drug-likeness (QED) is 0.175. The summed E-state index contributed by atoms with van der Waals surface area (Å²) in [5, 5.41) is 0.540. The van der Waals surface area contributed by atoms with Gasteiger partial charge in [0.05, 0.1) is 9.92 Å². The Morgan fingerprint density at radius 3 is 2.10 bits per heavy atom. The molecule has 160 valence electrons. The molecule has 2 aromatic carbocycles. The van der Waals surface area contributed by atoms with Gasteiger partial charge in [0.2, 0.25) is 10.0 Å². The number of benzene rings is 2. The average Bonchev–Trinajstić information content (AvgIpc) is 2.51. The molecular formula is C18H17Cl2F3INO2S2. The van der Waals surface area contributed by atoms with Crippen molar-refractivity contribution in [3.8, 4) is 0 Å². The lowest BCUT2D eigenvalue weighted by Crippen LogP contribution is -2.55. The summed E-state index contributed by atoms with van der Waals surface area (Å²) in [5.41, 5.74) is 1.58. The minimum absolute atomic E-state index is 0.150. The number of sulfonamides is 1. The number of rotatable bonds is 6. The van der Waals surface area contributed by atoms with Gasteiger partial charge in [0.15, 0.2) is 3.55 Å². The molecule has 29 heavy (non-hydrogen) atoms. The third-order valence-corrected chi connectivity index (χ3v) is 9.79. The first-order valence-corrected chi connectivity index (χ1v) is 12.4. The third kappa shape index (κ3) is 5.94. The van der Waals surface area contributed by atoms with Gasteiger partial charge in [0.25, 0.3) is 0 Å². The molecule has 0 aromatic heterocycles. The van der Waals surface area contributed by atoms with E-state index in [0.29, 0.717) is 21.0 Å². The van der Waals surface area contributed by atoms with Gasteiger partial charge in [-0.15, -0.1) is 11.8 Å². The van der Waals surface area contributed by atoms with Crippen molar-refractivity contribution in [1.29, 1.82) is 0 Å². The highest BCUT2D eigenvalue weighted by Crippen LogP contribution is 2.43. The SMILES string of the molecule is Cc1cc(C)c(S(=O)(=O)NC(I)(CSc2ccc(Cl)cc2Cl)C(F)(F)F)c(C)c1. The monoisotopic (exact) mass is 597 g/mol. The standard InChI is InChI=1S/C18H17Cl2F3INO2S2/c1-10-6-11(2)16(12(3)7-10)29(26,27)25-17(24,18(21,22)23)9-28-15-5-4-13(19)8-14(15)20/h4-8,25H,9H2,1-3H3. The van der Waals surface area contributed by atoms with Crippen molar-refractivity contribution < 1.29 is 21.6 Å². The van der Waals surface area contributed by atoms with Crippen LogP contribution in [-0.2, 0) is 10.0 Å². The topological polar surface area (TPSA) is 46.2 Å². The van der Waals surface area contributed by atoms with E-state index < -0.39 is 25.5 Å². The highest BCUT2D eigenvalue weighted by Gasteiger charge is 2.55. The predicted octanol–water partition coefficient (Wildman–Crippen LogP) is 6.68. The van der Waals surface area contributed by atoms with Crippen LogP contribution in [0.4, 0.5) is 13.2 Å². The summed E-state index contributed by atoms with van der Waals surface area (Å²) >= 11 is 13.7. The molecule has 0 fully saturated rings. The zero-order chi connectivity index (χ0) is 22.2. The number of halogens is 6. The summed E-state index contributed by atoms with van der Waals surface area (Å²) in [6, 6.07) is 7.64. The van der Waals surface area contributed by atoms with E-state index in [2.05, 4.69) is 0 Å². The van der Waals surface area contributed by atoms with Crippen LogP contribution in [0, 0.1) is 20.8 Å². The maximum absolute atomic E-state index is 13.9. The van der Waals surface area contributed by atoms with Crippen LogP contribution in [-0.4, -0.2) is 23.9 Å². The van der Waals surface area contributed by atoms with E-state index >= 15 is 0 Å². The summed E-state index contributed by atoms with van der Waals surface area (Å²) in [6.45, 7) is 4.90. The average molecular weight is 598 g/mol. The Kier molecular flexibility index (Phi) is 7.88. The molecule has 11 heteroatoms. The Bertz CT molecular complexity index is 1010. The lowest BCUT2D eigenvalue weighted by atomic mass is 10.1. The first-order valence-electron chi connectivity index (χ1n) is 8.11. The summed E-state index contributed by atoms with van der Waals surface area (Å²) in [4.78, 5) is 0.214. The van der Waals surface area contributed by atoms with E-state index in [9.17, 15) is 21.6 Å². The third-order valence-electron chi connectivity index (χ3n) is 3.94. The van der Waals surface area contributed by atoms with Crippen LogP contribution >= 0.6 is 57.6 Å². The lowest BCUT2D eigenvalue weighted by molar-refractivity contribution is -0.151. The van der Waals surface area contributed by atoms with Gasteiger partial charge in [-0.1, -0.05) is 40.9 Å². The molecule has 0 radical (unpaired) electrons. The van der Waals surface area contributed by atoms with Gasteiger partial charge in [-0.05, 0) is 72.7 Å². The molecule has 0 aliphatic carbocycles. The zero-order valence-electron chi connectivity index (χ0n) is 15.5. The van der Waals surface area contributed by atoms with E-state index in [1.54, 1.807) is 32.9 Å². The molecule has 2 aromatic rings. The molecule has 3 nitrogen and oxygen atoms in total. The van der Waals surface area contributed by atoms with Crippen LogP contribution < -0.4 is 4.72 Å². The lowest BCUT2D eigenvalue weighted by Gasteiger charge is -2.31. The van der Waals surface area contributed by atoms with Crippen molar-refractivity contribution in [1.82, 2.24) is 4.72 Å². The molecule has 0 bridgehead atoms. The van der Waals surface area contributed by atoms with E-state index in [1.807, 2.05) is 4.72 Å². The molecule has 0 saturated carbocycles. The van der Waals surface area contributed by atoms with Crippen molar-refractivity contribution in [2.24, 2.45) is 0 Å². The van der Waals surface area contributed by atoms with E-state index in [1.165, 1.54) is 18.2 Å². The van der Waals surface area contributed by atoms with Gasteiger partial charge >= 0.3 is 6.18 Å². The normalized spacial score (nSPS) is 14.7. The van der Waals surface area contributed by atoms with Gasteiger partial charge in [-0.3, -0.25) is 0 Å². The smallest absolute Gasteiger partial charge is 0.207 e. The maximum Gasteiger partial charge on any atom is 0.417 e. The molecule has 0 aliphatic rings. The fourth-order valence-corrected chi connectivity index (χ4v) is 7.43. The minimum Gasteiger partial charge on any atom is -0.207 e. The van der Waals surface area contributed by atoms with Crippen molar-refractivity contribution in [3.63, 3.8) is 0 Å². The Hall–Kier alpha value is -0.200.